The van der Waals surface area contributed by atoms with Crippen molar-refractivity contribution in [2.45, 2.75) is 24.7 Å². The van der Waals surface area contributed by atoms with Gasteiger partial charge in [-0.1, -0.05) is 19.1 Å². The number of anilines is 1. The molecule has 1 aliphatic heterocycles. The summed E-state index contributed by atoms with van der Waals surface area (Å²) in [6.45, 7) is 1.70. The van der Waals surface area contributed by atoms with E-state index in [-0.39, 0.29) is 29.5 Å². The number of carbonyl (C=O) groups excluding carboxylic acids is 1. The number of hydrogen-bond acceptors (Lipinski definition) is 5. The smallest absolute Gasteiger partial charge is 0.286 e. The van der Waals surface area contributed by atoms with Gasteiger partial charge in [0.25, 0.3) is 10.0 Å². The van der Waals surface area contributed by atoms with E-state index < -0.39 is 16.0 Å². The van der Waals surface area contributed by atoms with E-state index in [0.717, 1.165) is 0 Å². The van der Waals surface area contributed by atoms with Gasteiger partial charge in [0.05, 0.1) is 5.69 Å². The highest BCUT2D eigenvalue weighted by atomic mass is 32.2. The van der Waals surface area contributed by atoms with E-state index in [9.17, 15) is 18.3 Å². The Hall–Kier alpha value is -1.89. The zero-order valence-electron chi connectivity index (χ0n) is 10.3. The van der Waals surface area contributed by atoms with E-state index >= 15 is 0 Å². The Bertz CT molecular complexity index is 637. The zero-order valence-corrected chi connectivity index (χ0v) is 11.1. The third kappa shape index (κ3) is 3.11. The Morgan fingerprint density at radius 3 is 2.79 bits per heavy atom. The quantitative estimate of drug-likeness (QED) is 0.859. The topological polar surface area (TPSA) is 98.7 Å². The normalized spacial score (nSPS) is 17.8. The second kappa shape index (κ2) is 5.00. The number of carboxylic acids is 1. The highest BCUT2D eigenvalue weighted by Gasteiger charge is 2.24. The van der Waals surface area contributed by atoms with Gasteiger partial charge in [-0.25, -0.2) is 0 Å². The molecular formula is C12H13N2O4S-. The van der Waals surface area contributed by atoms with Crippen molar-refractivity contribution in [3.05, 3.63) is 24.3 Å². The standard InChI is InChI=1S/C12H14N2O4S/c1-8(7-12(15)16)6-11-13-9-4-2-3-5-10(9)19(17,18)14-11/h2-5,8H,6-7H2,1H3,(H,13,14)(H,15,16)/p-1. The predicted molar refractivity (Wildman–Crippen MR) is 68.1 cm³/mol. The molecule has 0 fully saturated rings. The molecule has 0 saturated heterocycles. The molecule has 0 bridgehead atoms. The van der Waals surface area contributed by atoms with Gasteiger partial charge in [-0.2, -0.15) is 8.42 Å². The highest BCUT2D eigenvalue weighted by molar-refractivity contribution is 7.90. The van der Waals surface area contributed by atoms with Gasteiger partial charge in [0.1, 0.15) is 10.7 Å². The van der Waals surface area contributed by atoms with Crippen molar-refractivity contribution in [1.82, 2.24) is 0 Å². The van der Waals surface area contributed by atoms with Crippen LogP contribution in [0.25, 0.3) is 0 Å². The first kappa shape index (κ1) is 13.5. The van der Waals surface area contributed by atoms with Crippen molar-refractivity contribution in [3.8, 4) is 0 Å². The molecule has 2 rings (SSSR count). The van der Waals surface area contributed by atoms with Crippen molar-refractivity contribution in [2.75, 3.05) is 5.32 Å². The van der Waals surface area contributed by atoms with Crippen LogP contribution in [-0.2, 0) is 14.8 Å². The van der Waals surface area contributed by atoms with Gasteiger partial charge in [-0.15, -0.1) is 4.40 Å². The molecule has 6 nitrogen and oxygen atoms in total. The minimum absolute atomic E-state index is 0.131. The van der Waals surface area contributed by atoms with Gasteiger partial charge < -0.3 is 15.2 Å². The molecule has 1 aliphatic rings. The molecule has 102 valence electrons. The van der Waals surface area contributed by atoms with E-state index in [2.05, 4.69) is 9.71 Å². The number of hydrogen-bond donors (Lipinski definition) is 1. The first-order valence-electron chi connectivity index (χ1n) is 5.78. The molecule has 0 aliphatic carbocycles. The lowest BCUT2D eigenvalue weighted by molar-refractivity contribution is -0.306. The fraction of sp³-hybridized carbons (Fsp3) is 0.333. The van der Waals surface area contributed by atoms with Gasteiger partial charge in [0.15, 0.2) is 0 Å². The fourth-order valence-electron chi connectivity index (χ4n) is 1.94. The van der Waals surface area contributed by atoms with Crippen LogP contribution in [0.4, 0.5) is 5.69 Å². The minimum Gasteiger partial charge on any atom is -0.550 e. The van der Waals surface area contributed by atoms with E-state index in [4.69, 9.17) is 0 Å². The molecular weight excluding hydrogens is 268 g/mol. The van der Waals surface area contributed by atoms with Crippen molar-refractivity contribution in [3.63, 3.8) is 0 Å². The van der Waals surface area contributed by atoms with E-state index in [1.165, 1.54) is 6.07 Å². The monoisotopic (exact) mass is 281 g/mol. The zero-order chi connectivity index (χ0) is 14.0. The molecule has 0 saturated carbocycles. The number of carboxylic acid groups (broad SMARTS) is 1. The molecule has 0 aromatic heterocycles. The number of nitrogens with one attached hydrogen (secondary N) is 1. The molecule has 0 amide bonds. The Balaban J connectivity index is 2.23. The summed E-state index contributed by atoms with van der Waals surface area (Å²) < 4.78 is 27.5. The average Bonchev–Trinajstić information content (AvgIpc) is 2.26. The van der Waals surface area contributed by atoms with E-state index in [1.54, 1.807) is 25.1 Å². The summed E-state index contributed by atoms with van der Waals surface area (Å²) >= 11 is 0. The number of aliphatic carboxylic acids is 1. The van der Waals surface area contributed by atoms with Crippen LogP contribution >= 0.6 is 0 Å². The lowest BCUT2D eigenvalue weighted by atomic mass is 10.0. The molecule has 7 heteroatoms. The summed E-state index contributed by atoms with van der Waals surface area (Å²) in [5.74, 6) is -1.16. The van der Waals surface area contributed by atoms with Crippen LogP contribution in [0, 0.1) is 5.92 Å². The van der Waals surface area contributed by atoms with Crippen molar-refractivity contribution < 1.29 is 18.3 Å². The van der Waals surface area contributed by atoms with E-state index in [0.29, 0.717) is 5.69 Å². The second-order valence-electron chi connectivity index (χ2n) is 4.52. The van der Waals surface area contributed by atoms with Crippen LogP contribution in [0.1, 0.15) is 19.8 Å². The number of benzene rings is 1. The number of rotatable bonds is 4. The third-order valence-corrected chi connectivity index (χ3v) is 4.10. The predicted octanol–water partition coefficient (Wildman–Crippen LogP) is 0.365. The minimum atomic E-state index is -3.70. The third-order valence-electron chi connectivity index (χ3n) is 2.73. The molecule has 1 heterocycles. The van der Waals surface area contributed by atoms with Crippen molar-refractivity contribution >= 4 is 27.5 Å². The number of fused-ring (bicyclic) bond motifs is 1. The number of carbonyl (C=O) groups is 1. The van der Waals surface area contributed by atoms with Crippen LogP contribution in [0.15, 0.2) is 33.6 Å². The Morgan fingerprint density at radius 1 is 1.42 bits per heavy atom. The number of amidine groups is 1. The summed E-state index contributed by atoms with van der Waals surface area (Å²) in [5, 5.41) is 13.4. The maximum Gasteiger partial charge on any atom is 0.286 e. The second-order valence-corrected chi connectivity index (χ2v) is 6.09. The van der Waals surface area contributed by atoms with Crippen LogP contribution in [0.3, 0.4) is 0 Å². The molecule has 19 heavy (non-hydrogen) atoms. The Kier molecular flexibility index (Phi) is 3.57. The maximum absolute atomic E-state index is 11.9. The van der Waals surface area contributed by atoms with Crippen LogP contribution in [0.5, 0.6) is 0 Å². The van der Waals surface area contributed by atoms with Gasteiger partial charge in [-0.05, 0) is 24.5 Å². The highest BCUT2D eigenvalue weighted by Crippen LogP contribution is 2.28. The van der Waals surface area contributed by atoms with Gasteiger partial charge in [0, 0.05) is 12.4 Å². The molecule has 1 aromatic rings. The molecule has 1 N–H and O–H groups in total. The van der Waals surface area contributed by atoms with Gasteiger partial charge in [-0.3, -0.25) is 0 Å². The van der Waals surface area contributed by atoms with Crippen molar-refractivity contribution in [1.29, 1.82) is 0 Å². The molecule has 1 unspecified atom stereocenters. The lowest BCUT2D eigenvalue weighted by Gasteiger charge is -2.20. The first-order valence-corrected chi connectivity index (χ1v) is 7.22. The van der Waals surface area contributed by atoms with E-state index in [1.807, 2.05) is 0 Å². The van der Waals surface area contributed by atoms with Crippen LogP contribution < -0.4 is 10.4 Å². The largest absolute Gasteiger partial charge is 0.550 e. The summed E-state index contributed by atoms with van der Waals surface area (Å²) in [6, 6.07) is 6.46. The summed E-state index contributed by atoms with van der Waals surface area (Å²) in [6.07, 6.45) is 0.101. The number of sulfonamides is 1. The number of para-hydroxylation sites is 1. The van der Waals surface area contributed by atoms with Crippen LogP contribution in [-0.4, -0.2) is 20.2 Å². The lowest BCUT2D eigenvalue weighted by Crippen LogP contribution is -2.28. The maximum atomic E-state index is 11.9. The SMILES string of the molecule is CC(CC(=O)[O-])CC1=NS(=O)(=O)c2ccccc2N1. The Labute approximate surface area is 111 Å². The first-order chi connectivity index (χ1) is 8.88. The average molecular weight is 281 g/mol. The molecule has 0 spiro atoms. The summed E-state index contributed by atoms with van der Waals surface area (Å²) in [5.41, 5.74) is 0.466. The van der Waals surface area contributed by atoms with Gasteiger partial charge >= 0.3 is 0 Å². The summed E-state index contributed by atoms with van der Waals surface area (Å²) in [4.78, 5) is 10.6. The van der Waals surface area contributed by atoms with Gasteiger partial charge in [0.2, 0.25) is 0 Å². The van der Waals surface area contributed by atoms with Crippen LogP contribution in [0.2, 0.25) is 0 Å². The molecule has 1 atom stereocenters. The number of nitrogens with zero attached hydrogens (tertiary/aromatic N) is 1. The summed E-state index contributed by atoms with van der Waals surface area (Å²) in [7, 11) is -3.70. The fourth-order valence-corrected chi connectivity index (χ4v) is 3.10. The Morgan fingerprint density at radius 2 is 2.11 bits per heavy atom. The molecule has 0 radical (unpaired) electrons. The molecule has 1 aromatic carbocycles. The van der Waals surface area contributed by atoms with Crippen molar-refractivity contribution in [2.24, 2.45) is 10.3 Å².